The number of hydrogen-bond donors (Lipinski definition) is 1. The Bertz CT molecular complexity index is 1040. The fourth-order valence-corrected chi connectivity index (χ4v) is 4.15. The number of carbonyl (C=O) groups excluding carboxylic acids is 1. The minimum atomic E-state index is -3.63. The van der Waals surface area contributed by atoms with E-state index in [1.807, 2.05) is 0 Å². The van der Waals surface area contributed by atoms with Crippen LogP contribution in [0.1, 0.15) is 23.4 Å². The molecule has 0 fully saturated rings. The molecule has 7 nitrogen and oxygen atoms in total. The highest BCUT2D eigenvalue weighted by Crippen LogP contribution is 2.26. The summed E-state index contributed by atoms with van der Waals surface area (Å²) in [5.74, 6) is 0.475. The number of aromatic nitrogens is 1. The van der Waals surface area contributed by atoms with Gasteiger partial charge in [-0.3, -0.25) is 4.79 Å². The topological polar surface area (TPSA) is 102 Å². The zero-order valence-corrected chi connectivity index (χ0v) is 15.9. The van der Waals surface area contributed by atoms with Gasteiger partial charge in [0.1, 0.15) is 5.76 Å². The molecule has 0 saturated heterocycles. The van der Waals surface area contributed by atoms with Crippen LogP contribution >= 0.6 is 0 Å². The highest BCUT2D eigenvalue weighted by Gasteiger charge is 2.20. The maximum absolute atomic E-state index is 12.7. The first-order chi connectivity index (χ1) is 12.8. The van der Waals surface area contributed by atoms with E-state index in [1.165, 1.54) is 6.26 Å². The van der Waals surface area contributed by atoms with E-state index in [-0.39, 0.29) is 29.5 Å². The largest absolute Gasteiger partial charge is 0.467 e. The average molecular weight is 388 g/mol. The molecule has 0 radical (unpaired) electrons. The molecule has 0 spiro atoms. The molecule has 3 rings (SSSR count). The third kappa shape index (κ3) is 4.65. The summed E-state index contributed by atoms with van der Waals surface area (Å²) in [6.07, 6.45) is 1.38. The number of aryl methyl sites for hydroxylation is 2. The minimum absolute atomic E-state index is 0.131. The number of hydrogen-bond acceptors (Lipinski definition) is 6. The summed E-state index contributed by atoms with van der Waals surface area (Å²) < 4.78 is 35.8. The molecule has 1 N–H and O–H groups in total. The third-order valence-corrected chi connectivity index (χ3v) is 5.92. The van der Waals surface area contributed by atoms with Crippen LogP contribution in [0.15, 0.2) is 56.5 Å². The molecule has 1 amide bonds. The molecular weight excluding hydrogens is 368 g/mol. The van der Waals surface area contributed by atoms with Gasteiger partial charge in [-0.05, 0) is 37.6 Å². The Morgan fingerprint density at radius 3 is 2.67 bits per heavy atom. The number of nitrogens with one attached hydrogen (secondary N) is 1. The average Bonchev–Trinajstić information content (AvgIpc) is 3.30. The smallest absolute Gasteiger partial charge is 0.221 e. The summed E-state index contributed by atoms with van der Waals surface area (Å²) in [6, 6.07) is 10.3. The Morgan fingerprint density at radius 1 is 1.19 bits per heavy atom. The van der Waals surface area contributed by atoms with Crippen LogP contribution in [0.2, 0.25) is 0 Å². The Morgan fingerprint density at radius 2 is 2.00 bits per heavy atom. The molecular formula is C19H20N2O5S. The number of nitrogens with zero attached hydrogens (tertiary/aromatic N) is 1. The fraction of sp³-hybridized carbons (Fsp3) is 0.263. The van der Waals surface area contributed by atoms with E-state index in [2.05, 4.69) is 10.5 Å². The molecule has 3 aromatic rings. The van der Waals surface area contributed by atoms with Crippen LogP contribution in [0.3, 0.4) is 0 Å². The number of furan rings is 1. The van der Waals surface area contributed by atoms with Crippen molar-refractivity contribution >= 4 is 15.7 Å². The number of sulfone groups is 1. The van der Waals surface area contributed by atoms with Crippen molar-refractivity contribution in [2.45, 2.75) is 31.7 Å². The lowest BCUT2D eigenvalue weighted by Gasteiger charge is -2.09. The van der Waals surface area contributed by atoms with E-state index in [9.17, 15) is 13.2 Å². The summed E-state index contributed by atoms with van der Waals surface area (Å²) in [6.45, 7) is 3.74. The van der Waals surface area contributed by atoms with Gasteiger partial charge < -0.3 is 14.3 Å². The molecule has 142 valence electrons. The second kappa shape index (κ2) is 7.79. The van der Waals surface area contributed by atoms with Gasteiger partial charge in [0.25, 0.3) is 0 Å². The quantitative estimate of drug-likeness (QED) is 0.667. The van der Waals surface area contributed by atoms with Gasteiger partial charge in [0.05, 0.1) is 29.2 Å². The highest BCUT2D eigenvalue weighted by molar-refractivity contribution is 7.91. The Balaban J connectivity index is 1.69. The van der Waals surface area contributed by atoms with Crippen molar-refractivity contribution in [1.82, 2.24) is 10.5 Å². The van der Waals surface area contributed by atoms with Gasteiger partial charge in [0.15, 0.2) is 15.6 Å². The zero-order valence-electron chi connectivity index (χ0n) is 15.1. The lowest BCUT2D eigenvalue weighted by atomic mass is 10.1. The van der Waals surface area contributed by atoms with Gasteiger partial charge in [0.2, 0.25) is 5.91 Å². The van der Waals surface area contributed by atoms with Gasteiger partial charge in [-0.1, -0.05) is 17.3 Å². The molecule has 0 atom stereocenters. The van der Waals surface area contributed by atoms with Crippen LogP contribution in [-0.2, 0) is 21.2 Å². The Hall–Kier alpha value is -2.87. The number of rotatable bonds is 7. The van der Waals surface area contributed by atoms with Crippen molar-refractivity contribution in [3.05, 3.63) is 59.7 Å². The van der Waals surface area contributed by atoms with Gasteiger partial charge >= 0.3 is 0 Å². The number of carbonyl (C=O) groups is 1. The molecule has 27 heavy (non-hydrogen) atoms. The van der Waals surface area contributed by atoms with E-state index in [0.717, 1.165) is 0 Å². The second-order valence-electron chi connectivity index (χ2n) is 6.24. The van der Waals surface area contributed by atoms with Crippen molar-refractivity contribution in [2.75, 3.05) is 5.75 Å². The molecule has 0 bridgehead atoms. The second-order valence-corrected chi connectivity index (χ2v) is 8.32. The summed E-state index contributed by atoms with van der Waals surface area (Å²) >= 11 is 0. The van der Waals surface area contributed by atoms with Gasteiger partial charge in [-0.25, -0.2) is 8.42 Å². The molecule has 2 aromatic heterocycles. The monoisotopic (exact) mass is 388 g/mol. The molecule has 8 heteroatoms. The molecule has 0 unspecified atom stereocenters. The van der Waals surface area contributed by atoms with Crippen molar-refractivity contribution in [1.29, 1.82) is 0 Å². The standard InChI is InChI=1S/C19H20N2O5S/c1-13-5-6-15(17-10-14(2)21-26-17)11-18(13)27(23,24)9-7-19(22)20-12-16-4-3-8-25-16/h3-6,8,10-11H,7,9,12H2,1-2H3,(H,20,22). The first-order valence-electron chi connectivity index (χ1n) is 8.41. The van der Waals surface area contributed by atoms with Crippen LogP contribution in [0, 0.1) is 13.8 Å². The highest BCUT2D eigenvalue weighted by atomic mass is 32.2. The van der Waals surface area contributed by atoms with Crippen molar-refractivity contribution in [2.24, 2.45) is 0 Å². The first-order valence-corrected chi connectivity index (χ1v) is 10.1. The summed E-state index contributed by atoms with van der Waals surface area (Å²) in [5.41, 5.74) is 1.95. The third-order valence-electron chi connectivity index (χ3n) is 4.07. The van der Waals surface area contributed by atoms with E-state index in [0.29, 0.717) is 28.3 Å². The minimum Gasteiger partial charge on any atom is -0.467 e. The molecule has 0 aliphatic rings. The summed E-state index contributed by atoms with van der Waals surface area (Å²) in [5, 5.41) is 6.47. The van der Waals surface area contributed by atoms with Crippen LogP contribution in [-0.4, -0.2) is 25.2 Å². The van der Waals surface area contributed by atoms with Gasteiger partial charge in [-0.15, -0.1) is 0 Å². The molecule has 0 saturated carbocycles. The maximum atomic E-state index is 12.7. The van der Waals surface area contributed by atoms with Crippen LogP contribution in [0.4, 0.5) is 0 Å². The number of amides is 1. The normalized spacial score (nSPS) is 11.5. The lowest BCUT2D eigenvalue weighted by molar-refractivity contribution is -0.120. The van der Waals surface area contributed by atoms with Crippen molar-refractivity contribution < 1.29 is 22.2 Å². The van der Waals surface area contributed by atoms with Crippen LogP contribution in [0.25, 0.3) is 11.3 Å². The predicted molar refractivity (Wildman–Crippen MR) is 98.6 cm³/mol. The van der Waals surface area contributed by atoms with E-state index < -0.39 is 9.84 Å². The molecule has 0 aliphatic carbocycles. The van der Waals surface area contributed by atoms with E-state index in [4.69, 9.17) is 8.94 Å². The summed E-state index contributed by atoms with van der Waals surface area (Å²) in [7, 11) is -3.63. The van der Waals surface area contributed by atoms with Crippen LogP contribution < -0.4 is 5.32 Å². The molecule has 1 aromatic carbocycles. The van der Waals surface area contributed by atoms with Gasteiger partial charge in [0, 0.05) is 18.1 Å². The van der Waals surface area contributed by atoms with E-state index in [1.54, 1.807) is 50.2 Å². The Kier molecular flexibility index (Phi) is 5.46. The Labute approximate surface area is 157 Å². The predicted octanol–water partition coefficient (Wildman–Crippen LogP) is 3.03. The molecule has 0 aliphatic heterocycles. The lowest BCUT2D eigenvalue weighted by Crippen LogP contribution is -2.25. The van der Waals surface area contributed by atoms with E-state index >= 15 is 0 Å². The number of benzene rings is 1. The summed E-state index contributed by atoms with van der Waals surface area (Å²) in [4.78, 5) is 12.1. The molecule has 2 heterocycles. The zero-order chi connectivity index (χ0) is 19.4. The van der Waals surface area contributed by atoms with Crippen molar-refractivity contribution in [3.8, 4) is 11.3 Å². The SMILES string of the molecule is Cc1cc(-c2ccc(C)c(S(=O)(=O)CCC(=O)NCc3ccco3)c2)on1. The van der Waals surface area contributed by atoms with Gasteiger partial charge in [-0.2, -0.15) is 0 Å². The fourth-order valence-electron chi connectivity index (χ4n) is 2.61. The first kappa shape index (κ1) is 18.9. The van der Waals surface area contributed by atoms with Crippen molar-refractivity contribution in [3.63, 3.8) is 0 Å². The maximum Gasteiger partial charge on any atom is 0.221 e. The van der Waals surface area contributed by atoms with Crippen LogP contribution in [0.5, 0.6) is 0 Å².